The largest absolute Gasteiger partial charge is 0.488 e. The number of esters is 1. The first-order valence-electron chi connectivity index (χ1n) is 13.4. The van der Waals surface area contributed by atoms with Crippen molar-refractivity contribution in [3.05, 3.63) is 112 Å². The molecule has 212 valence electrons. The molecule has 0 bridgehead atoms. The molecule has 5 rings (SSSR count). The van der Waals surface area contributed by atoms with Gasteiger partial charge in [-0.05, 0) is 56.5 Å². The Hall–Kier alpha value is -4.37. The summed E-state index contributed by atoms with van der Waals surface area (Å²) in [7, 11) is -4.02. The summed E-state index contributed by atoms with van der Waals surface area (Å²) >= 11 is 0. The molecule has 9 heteroatoms. The number of rotatable bonds is 9. The SMILES string of the molecule is CCOC(=O)Cc1ccc(OCc2ccccc2)c(-c2c[nH]c(=O)c3c2ccn3S(=O)(=O)C2(C)CC=CC=C2C)c1. The topological polar surface area (TPSA) is 107 Å². The van der Waals surface area contributed by atoms with Gasteiger partial charge in [0.15, 0.2) is 0 Å². The van der Waals surface area contributed by atoms with Crippen LogP contribution in [0.25, 0.3) is 22.0 Å². The standard InChI is InChI=1S/C32H32N2O6S/c1-4-39-29(35)19-24-13-14-28(40-21-23-11-6-5-7-12-23)26(18-24)27-20-33-31(36)30-25(27)15-17-34(30)41(37,38)32(3)16-9-8-10-22(32)2/h5-15,17-18,20H,4,16,19,21H2,1-3H3,(H,33,36). The highest BCUT2D eigenvalue weighted by Gasteiger charge is 2.42. The van der Waals surface area contributed by atoms with Gasteiger partial charge in [-0.25, -0.2) is 12.4 Å². The van der Waals surface area contributed by atoms with Crippen molar-refractivity contribution < 1.29 is 22.7 Å². The van der Waals surface area contributed by atoms with Crippen LogP contribution in [0.2, 0.25) is 0 Å². The number of fused-ring (bicyclic) bond motifs is 1. The van der Waals surface area contributed by atoms with Gasteiger partial charge in [-0.3, -0.25) is 9.59 Å². The van der Waals surface area contributed by atoms with E-state index in [1.165, 1.54) is 6.20 Å². The van der Waals surface area contributed by atoms with Crippen LogP contribution in [0.4, 0.5) is 0 Å². The zero-order valence-corrected chi connectivity index (χ0v) is 24.0. The summed E-state index contributed by atoms with van der Waals surface area (Å²) in [6.07, 6.45) is 8.78. The normalized spacial score (nSPS) is 16.9. The van der Waals surface area contributed by atoms with E-state index in [2.05, 4.69) is 4.98 Å². The van der Waals surface area contributed by atoms with Crippen molar-refractivity contribution in [2.45, 2.75) is 45.0 Å². The number of aromatic amines is 1. The Kier molecular flexibility index (Phi) is 7.73. The van der Waals surface area contributed by atoms with Gasteiger partial charge in [-0.2, -0.15) is 0 Å². The smallest absolute Gasteiger partial charge is 0.310 e. The van der Waals surface area contributed by atoms with Gasteiger partial charge in [0, 0.05) is 28.9 Å². The summed E-state index contributed by atoms with van der Waals surface area (Å²) in [6, 6.07) is 16.7. The van der Waals surface area contributed by atoms with Crippen LogP contribution in [-0.4, -0.2) is 34.7 Å². The number of benzene rings is 2. The van der Waals surface area contributed by atoms with Crippen molar-refractivity contribution in [2.75, 3.05) is 6.61 Å². The average molecular weight is 573 g/mol. The van der Waals surface area contributed by atoms with Crippen LogP contribution < -0.4 is 10.3 Å². The summed E-state index contributed by atoms with van der Waals surface area (Å²) in [5, 5.41) is 0.451. The van der Waals surface area contributed by atoms with E-state index >= 15 is 0 Å². The maximum absolute atomic E-state index is 14.0. The van der Waals surface area contributed by atoms with Gasteiger partial charge < -0.3 is 14.5 Å². The van der Waals surface area contributed by atoms with Crippen LogP contribution in [0.15, 0.2) is 95.6 Å². The molecule has 2 heterocycles. The maximum Gasteiger partial charge on any atom is 0.310 e. The first-order valence-corrected chi connectivity index (χ1v) is 14.9. The number of ether oxygens (including phenoxy) is 2. The number of nitrogens with one attached hydrogen (secondary N) is 1. The monoisotopic (exact) mass is 572 g/mol. The van der Waals surface area contributed by atoms with E-state index in [1.54, 1.807) is 51.2 Å². The molecule has 4 aromatic rings. The molecule has 1 aliphatic carbocycles. The first-order chi connectivity index (χ1) is 19.7. The molecule has 41 heavy (non-hydrogen) atoms. The molecule has 2 aromatic carbocycles. The second-order valence-electron chi connectivity index (χ2n) is 10.2. The van der Waals surface area contributed by atoms with E-state index in [0.29, 0.717) is 46.4 Å². The Labute approximate surface area is 239 Å². The lowest BCUT2D eigenvalue weighted by Crippen LogP contribution is -2.41. The highest BCUT2D eigenvalue weighted by molar-refractivity contribution is 7.91. The Morgan fingerprint density at radius 2 is 1.85 bits per heavy atom. The van der Waals surface area contributed by atoms with Gasteiger partial charge in [-0.15, -0.1) is 0 Å². The van der Waals surface area contributed by atoms with E-state index in [4.69, 9.17) is 9.47 Å². The number of nitrogens with zero attached hydrogens (tertiary/aromatic N) is 1. The van der Waals surface area contributed by atoms with Gasteiger partial charge >= 0.3 is 5.97 Å². The molecule has 0 saturated carbocycles. The van der Waals surface area contributed by atoms with Crippen molar-refractivity contribution >= 4 is 26.9 Å². The number of carbonyl (C=O) groups is 1. The number of allylic oxidation sites excluding steroid dienone is 3. The molecule has 1 unspecified atom stereocenters. The van der Waals surface area contributed by atoms with E-state index in [1.807, 2.05) is 48.6 Å². The summed E-state index contributed by atoms with van der Waals surface area (Å²) in [5.74, 6) is 0.159. The third-order valence-electron chi connectivity index (χ3n) is 7.58. The minimum absolute atomic E-state index is 0.0240. The molecule has 1 atom stereocenters. The molecule has 0 fully saturated rings. The van der Waals surface area contributed by atoms with Crippen LogP contribution in [0, 0.1) is 0 Å². The number of aromatic nitrogens is 2. The lowest BCUT2D eigenvalue weighted by atomic mass is 9.94. The Morgan fingerprint density at radius 1 is 1.07 bits per heavy atom. The number of hydrogen-bond donors (Lipinski definition) is 1. The molecule has 0 radical (unpaired) electrons. The fourth-order valence-electron chi connectivity index (χ4n) is 5.07. The summed E-state index contributed by atoms with van der Waals surface area (Å²) in [5.41, 5.74) is 3.04. The van der Waals surface area contributed by atoms with Crippen molar-refractivity contribution in [1.82, 2.24) is 8.96 Å². The Bertz CT molecular complexity index is 1830. The minimum atomic E-state index is -4.02. The molecule has 1 N–H and O–H groups in total. The number of hydrogen-bond acceptors (Lipinski definition) is 6. The van der Waals surface area contributed by atoms with Crippen molar-refractivity contribution in [3.8, 4) is 16.9 Å². The van der Waals surface area contributed by atoms with Gasteiger partial charge in [0.05, 0.1) is 13.0 Å². The number of pyridine rings is 1. The van der Waals surface area contributed by atoms with Crippen LogP contribution in [-0.2, 0) is 32.6 Å². The van der Waals surface area contributed by atoms with E-state index < -0.39 is 20.3 Å². The fourth-order valence-corrected chi connectivity index (χ4v) is 6.93. The second kappa shape index (κ2) is 11.2. The average Bonchev–Trinajstić information content (AvgIpc) is 3.42. The van der Waals surface area contributed by atoms with E-state index in [9.17, 15) is 18.0 Å². The van der Waals surface area contributed by atoms with Gasteiger partial charge in [-0.1, -0.05) is 60.2 Å². The fraction of sp³-hybridized carbons (Fsp3) is 0.250. The van der Waals surface area contributed by atoms with Crippen molar-refractivity contribution in [1.29, 1.82) is 0 Å². The maximum atomic E-state index is 14.0. The Balaban J connectivity index is 1.65. The van der Waals surface area contributed by atoms with Gasteiger partial charge in [0.2, 0.25) is 10.0 Å². The first kappa shape index (κ1) is 28.2. The number of carbonyl (C=O) groups excluding carboxylic acids is 1. The molecule has 2 aromatic heterocycles. The zero-order valence-electron chi connectivity index (χ0n) is 23.2. The summed E-state index contributed by atoms with van der Waals surface area (Å²) < 4.78 is 39.3. The molecule has 0 spiro atoms. The lowest BCUT2D eigenvalue weighted by Gasteiger charge is -2.31. The molecule has 0 amide bonds. The Morgan fingerprint density at radius 3 is 2.59 bits per heavy atom. The van der Waals surface area contributed by atoms with Crippen LogP contribution in [0.1, 0.15) is 38.3 Å². The predicted molar refractivity (Wildman–Crippen MR) is 159 cm³/mol. The summed E-state index contributed by atoms with van der Waals surface area (Å²) in [6.45, 7) is 5.78. The minimum Gasteiger partial charge on any atom is -0.488 e. The lowest BCUT2D eigenvalue weighted by molar-refractivity contribution is -0.142. The zero-order chi connectivity index (χ0) is 29.2. The highest BCUT2D eigenvalue weighted by atomic mass is 32.2. The number of H-pyrrole nitrogens is 1. The third-order valence-corrected chi connectivity index (χ3v) is 10.0. The quantitative estimate of drug-likeness (QED) is 0.265. The molecule has 1 aliphatic rings. The van der Waals surface area contributed by atoms with E-state index in [-0.39, 0.29) is 24.5 Å². The third kappa shape index (κ3) is 5.25. The van der Waals surface area contributed by atoms with Crippen LogP contribution in [0.3, 0.4) is 0 Å². The van der Waals surface area contributed by atoms with E-state index in [0.717, 1.165) is 9.54 Å². The van der Waals surface area contributed by atoms with Gasteiger partial charge in [0.25, 0.3) is 5.56 Å². The molecular weight excluding hydrogens is 540 g/mol. The molecule has 0 saturated heterocycles. The predicted octanol–water partition coefficient (Wildman–Crippen LogP) is 5.52. The van der Waals surface area contributed by atoms with Crippen molar-refractivity contribution in [2.24, 2.45) is 0 Å². The summed E-state index contributed by atoms with van der Waals surface area (Å²) in [4.78, 5) is 28.2. The van der Waals surface area contributed by atoms with Crippen LogP contribution in [0.5, 0.6) is 5.75 Å². The second-order valence-corrected chi connectivity index (χ2v) is 12.5. The highest BCUT2D eigenvalue weighted by Crippen LogP contribution is 2.39. The van der Waals surface area contributed by atoms with Crippen LogP contribution >= 0.6 is 0 Å². The van der Waals surface area contributed by atoms with Gasteiger partial charge in [0.1, 0.15) is 22.6 Å². The molecule has 0 aliphatic heterocycles. The molecule has 8 nitrogen and oxygen atoms in total. The molecular formula is C32H32N2O6S. The van der Waals surface area contributed by atoms with Crippen molar-refractivity contribution in [3.63, 3.8) is 0 Å².